The number of carbonyl (C=O) groups excluding carboxylic acids is 1. The molecule has 0 fully saturated rings. The summed E-state index contributed by atoms with van der Waals surface area (Å²) < 4.78 is 29.5. The molecule has 0 radical (unpaired) electrons. The Balaban J connectivity index is 1.65. The van der Waals surface area contributed by atoms with E-state index in [-0.39, 0.29) is 18.5 Å². The van der Waals surface area contributed by atoms with Crippen molar-refractivity contribution in [3.8, 4) is 17.2 Å². The maximum absolute atomic E-state index is 13.1. The van der Waals surface area contributed by atoms with E-state index in [9.17, 15) is 9.18 Å². The molecule has 0 aromatic heterocycles. The van der Waals surface area contributed by atoms with Gasteiger partial charge in [0.2, 0.25) is 6.79 Å². The average Bonchev–Trinajstić information content (AvgIpc) is 2.97. The summed E-state index contributed by atoms with van der Waals surface area (Å²) in [6.07, 6.45) is -0.762. The fraction of sp³-hybridized carbons (Fsp3) is 0.188. The van der Waals surface area contributed by atoms with Gasteiger partial charge in [-0.25, -0.2) is 4.39 Å². The van der Waals surface area contributed by atoms with Gasteiger partial charge in [-0.15, -0.1) is 0 Å². The van der Waals surface area contributed by atoms with Crippen molar-refractivity contribution in [1.29, 1.82) is 0 Å². The van der Waals surface area contributed by atoms with E-state index in [1.165, 1.54) is 18.2 Å². The molecular formula is C16H13BrFNO4. The molecule has 5 nitrogen and oxygen atoms in total. The van der Waals surface area contributed by atoms with Crippen molar-refractivity contribution < 1.29 is 23.4 Å². The first-order valence-electron chi connectivity index (χ1n) is 6.85. The SMILES string of the molecule is C[C@@H](Oc1ccc(F)cc1Br)C(=O)Nc1ccc2c(c1)OCO2. The summed E-state index contributed by atoms with van der Waals surface area (Å²) in [4.78, 5) is 12.2. The summed E-state index contributed by atoms with van der Waals surface area (Å²) in [6, 6.07) is 9.12. The lowest BCUT2D eigenvalue weighted by Crippen LogP contribution is -2.30. The number of benzene rings is 2. The largest absolute Gasteiger partial charge is 0.480 e. The van der Waals surface area contributed by atoms with E-state index < -0.39 is 6.10 Å². The van der Waals surface area contributed by atoms with E-state index in [0.29, 0.717) is 27.4 Å². The molecule has 2 aromatic carbocycles. The van der Waals surface area contributed by atoms with Crippen molar-refractivity contribution in [3.05, 3.63) is 46.7 Å². The average molecular weight is 382 g/mol. The lowest BCUT2D eigenvalue weighted by molar-refractivity contribution is -0.122. The highest BCUT2D eigenvalue weighted by atomic mass is 79.9. The second-order valence-electron chi connectivity index (χ2n) is 4.89. The molecule has 1 aliphatic heterocycles. The van der Waals surface area contributed by atoms with Crippen LogP contribution in [-0.4, -0.2) is 18.8 Å². The zero-order valence-electron chi connectivity index (χ0n) is 12.1. The smallest absolute Gasteiger partial charge is 0.265 e. The lowest BCUT2D eigenvalue weighted by atomic mass is 10.2. The van der Waals surface area contributed by atoms with Crippen LogP contribution in [-0.2, 0) is 4.79 Å². The fourth-order valence-corrected chi connectivity index (χ4v) is 2.48. The van der Waals surface area contributed by atoms with E-state index in [1.54, 1.807) is 25.1 Å². The van der Waals surface area contributed by atoms with Crippen molar-refractivity contribution in [3.63, 3.8) is 0 Å². The number of anilines is 1. The van der Waals surface area contributed by atoms with Crippen LogP contribution in [0, 0.1) is 5.82 Å². The van der Waals surface area contributed by atoms with Crippen LogP contribution in [0.25, 0.3) is 0 Å². The Hall–Kier alpha value is -2.28. The standard InChI is InChI=1S/C16H13BrFNO4/c1-9(23-13-4-2-10(18)6-12(13)17)16(20)19-11-3-5-14-15(7-11)22-8-21-14/h2-7,9H,8H2,1H3,(H,19,20)/t9-/m1/s1. The normalized spacial score (nSPS) is 13.5. The first-order chi connectivity index (χ1) is 11.0. The molecule has 2 aromatic rings. The summed E-state index contributed by atoms with van der Waals surface area (Å²) >= 11 is 3.20. The van der Waals surface area contributed by atoms with Crippen LogP contribution in [0.15, 0.2) is 40.9 Å². The van der Waals surface area contributed by atoms with E-state index in [0.717, 1.165) is 0 Å². The third-order valence-corrected chi connectivity index (χ3v) is 3.83. The third kappa shape index (κ3) is 3.56. The minimum Gasteiger partial charge on any atom is -0.480 e. The van der Waals surface area contributed by atoms with Gasteiger partial charge in [0.25, 0.3) is 5.91 Å². The van der Waals surface area contributed by atoms with Crippen molar-refractivity contribution in [1.82, 2.24) is 0 Å². The molecule has 0 saturated carbocycles. The highest BCUT2D eigenvalue weighted by Gasteiger charge is 2.18. The van der Waals surface area contributed by atoms with E-state index in [2.05, 4.69) is 21.2 Å². The molecular weight excluding hydrogens is 369 g/mol. The monoisotopic (exact) mass is 381 g/mol. The van der Waals surface area contributed by atoms with Crippen LogP contribution >= 0.6 is 15.9 Å². The second kappa shape index (κ2) is 6.45. The molecule has 0 bridgehead atoms. The van der Waals surface area contributed by atoms with Gasteiger partial charge in [0.05, 0.1) is 4.47 Å². The summed E-state index contributed by atoms with van der Waals surface area (Å²) in [7, 11) is 0. The van der Waals surface area contributed by atoms with Gasteiger partial charge in [0.15, 0.2) is 17.6 Å². The Kier molecular flexibility index (Phi) is 4.38. The van der Waals surface area contributed by atoms with E-state index in [1.807, 2.05) is 0 Å². The molecule has 1 amide bonds. The molecule has 3 rings (SSSR count). The number of halogens is 2. The van der Waals surface area contributed by atoms with Crippen LogP contribution in [0.4, 0.5) is 10.1 Å². The van der Waals surface area contributed by atoms with E-state index in [4.69, 9.17) is 14.2 Å². The number of amides is 1. The lowest BCUT2D eigenvalue weighted by Gasteiger charge is -2.16. The second-order valence-corrected chi connectivity index (χ2v) is 5.75. The first-order valence-corrected chi connectivity index (χ1v) is 7.64. The number of carbonyl (C=O) groups is 1. The van der Waals surface area contributed by atoms with Gasteiger partial charge in [-0.2, -0.15) is 0 Å². The number of hydrogen-bond acceptors (Lipinski definition) is 4. The minimum atomic E-state index is -0.762. The number of fused-ring (bicyclic) bond motifs is 1. The van der Waals surface area contributed by atoms with Crippen LogP contribution in [0.1, 0.15) is 6.92 Å². The molecule has 1 heterocycles. The highest BCUT2D eigenvalue weighted by molar-refractivity contribution is 9.10. The van der Waals surface area contributed by atoms with Gasteiger partial charge in [-0.1, -0.05) is 0 Å². The van der Waals surface area contributed by atoms with Crippen molar-refractivity contribution >= 4 is 27.5 Å². The Bertz CT molecular complexity index is 753. The van der Waals surface area contributed by atoms with Gasteiger partial charge in [0.1, 0.15) is 11.6 Å². The van der Waals surface area contributed by atoms with Crippen molar-refractivity contribution in [2.75, 3.05) is 12.1 Å². The third-order valence-electron chi connectivity index (χ3n) is 3.21. The number of nitrogens with one attached hydrogen (secondary N) is 1. The van der Waals surface area contributed by atoms with Gasteiger partial charge in [0, 0.05) is 11.8 Å². The highest BCUT2D eigenvalue weighted by Crippen LogP contribution is 2.34. The molecule has 7 heteroatoms. The molecule has 1 atom stereocenters. The molecule has 0 unspecified atom stereocenters. The van der Waals surface area contributed by atoms with Crippen LogP contribution < -0.4 is 19.5 Å². The summed E-state index contributed by atoms with van der Waals surface area (Å²) in [6.45, 7) is 1.78. The molecule has 1 N–H and O–H groups in total. The minimum absolute atomic E-state index is 0.171. The van der Waals surface area contributed by atoms with Crippen LogP contribution in [0.2, 0.25) is 0 Å². The predicted octanol–water partition coefficient (Wildman–Crippen LogP) is 3.72. The maximum atomic E-state index is 13.1. The van der Waals surface area contributed by atoms with Crippen LogP contribution in [0.5, 0.6) is 17.2 Å². The zero-order valence-corrected chi connectivity index (χ0v) is 13.7. The molecule has 0 aliphatic carbocycles. The Morgan fingerprint density at radius 2 is 2.04 bits per heavy atom. The molecule has 0 spiro atoms. The van der Waals surface area contributed by atoms with Gasteiger partial charge in [-0.05, 0) is 53.2 Å². The van der Waals surface area contributed by atoms with Gasteiger partial charge in [-0.3, -0.25) is 4.79 Å². The van der Waals surface area contributed by atoms with Gasteiger partial charge >= 0.3 is 0 Å². The van der Waals surface area contributed by atoms with Gasteiger partial charge < -0.3 is 19.5 Å². The summed E-state index contributed by atoms with van der Waals surface area (Å²) in [5, 5.41) is 2.73. The zero-order chi connectivity index (χ0) is 16.4. The maximum Gasteiger partial charge on any atom is 0.265 e. The molecule has 23 heavy (non-hydrogen) atoms. The number of rotatable bonds is 4. The topological polar surface area (TPSA) is 56.8 Å². The molecule has 1 aliphatic rings. The quantitative estimate of drug-likeness (QED) is 0.876. The number of ether oxygens (including phenoxy) is 3. The summed E-state index contributed by atoms with van der Waals surface area (Å²) in [5.74, 6) is 0.890. The number of hydrogen-bond donors (Lipinski definition) is 1. The first kappa shape index (κ1) is 15.6. The Morgan fingerprint density at radius 1 is 1.26 bits per heavy atom. The van der Waals surface area contributed by atoms with Crippen molar-refractivity contribution in [2.45, 2.75) is 13.0 Å². The molecule has 0 saturated heterocycles. The Morgan fingerprint density at radius 3 is 2.83 bits per heavy atom. The van der Waals surface area contributed by atoms with Crippen molar-refractivity contribution in [2.24, 2.45) is 0 Å². The van der Waals surface area contributed by atoms with E-state index >= 15 is 0 Å². The Labute approximate surface area is 140 Å². The summed E-state index contributed by atoms with van der Waals surface area (Å²) in [5.41, 5.74) is 0.577. The van der Waals surface area contributed by atoms with Crippen LogP contribution in [0.3, 0.4) is 0 Å². The molecule has 120 valence electrons. The predicted molar refractivity (Wildman–Crippen MR) is 85.4 cm³/mol. The fourth-order valence-electron chi connectivity index (χ4n) is 2.03.